The van der Waals surface area contributed by atoms with Gasteiger partial charge in [0.05, 0.1) is 25.3 Å². The lowest BCUT2D eigenvalue weighted by atomic mass is 9.99. The van der Waals surface area contributed by atoms with Crippen molar-refractivity contribution in [2.75, 3.05) is 13.7 Å². The van der Waals surface area contributed by atoms with Gasteiger partial charge in [-0.1, -0.05) is 44.2 Å². The van der Waals surface area contributed by atoms with Gasteiger partial charge in [-0.2, -0.15) is 0 Å². The van der Waals surface area contributed by atoms with Crippen LogP contribution >= 0.6 is 0 Å². The molecule has 0 bridgehead atoms. The maximum absolute atomic E-state index is 12.9. The van der Waals surface area contributed by atoms with Crippen molar-refractivity contribution in [2.24, 2.45) is 0 Å². The van der Waals surface area contributed by atoms with E-state index in [1.807, 2.05) is 48.5 Å². The number of hydrogen-bond donors (Lipinski definition) is 2. The van der Waals surface area contributed by atoms with Crippen molar-refractivity contribution in [2.45, 2.75) is 25.8 Å². The van der Waals surface area contributed by atoms with E-state index < -0.39 is 6.04 Å². The van der Waals surface area contributed by atoms with Crippen molar-refractivity contribution in [1.29, 1.82) is 0 Å². The third-order valence-corrected chi connectivity index (χ3v) is 4.95. The number of nitrogens with zero attached hydrogens (tertiary/aromatic N) is 1. The smallest absolute Gasteiger partial charge is 0.255 e. The van der Waals surface area contributed by atoms with Crippen molar-refractivity contribution >= 4 is 5.91 Å². The van der Waals surface area contributed by atoms with Gasteiger partial charge in [0.1, 0.15) is 5.75 Å². The van der Waals surface area contributed by atoms with Gasteiger partial charge in [-0.3, -0.25) is 9.78 Å². The highest BCUT2D eigenvalue weighted by atomic mass is 16.5. The first-order valence-electron chi connectivity index (χ1n) is 9.63. The van der Waals surface area contributed by atoms with Crippen molar-refractivity contribution in [3.63, 3.8) is 0 Å². The molecule has 1 amide bonds. The molecule has 3 rings (SSSR count). The molecule has 2 aromatic carbocycles. The fourth-order valence-electron chi connectivity index (χ4n) is 3.19. The fraction of sp³-hybridized carbons (Fsp3) is 0.250. The van der Waals surface area contributed by atoms with Crippen LogP contribution in [0.15, 0.2) is 67.0 Å². The molecule has 5 nitrogen and oxygen atoms in total. The van der Waals surface area contributed by atoms with Crippen LogP contribution in [0.1, 0.15) is 47.3 Å². The van der Waals surface area contributed by atoms with Gasteiger partial charge in [0.15, 0.2) is 0 Å². The van der Waals surface area contributed by atoms with Crippen molar-refractivity contribution < 1.29 is 14.6 Å². The van der Waals surface area contributed by atoms with E-state index in [-0.39, 0.29) is 12.5 Å². The summed E-state index contributed by atoms with van der Waals surface area (Å²) in [6.07, 6.45) is 3.44. The number of benzene rings is 2. The van der Waals surface area contributed by atoms with Crippen molar-refractivity contribution in [3.05, 3.63) is 83.7 Å². The summed E-state index contributed by atoms with van der Waals surface area (Å²) in [4.78, 5) is 16.9. The summed E-state index contributed by atoms with van der Waals surface area (Å²) in [6.45, 7) is 4.06. The van der Waals surface area contributed by atoms with Crippen molar-refractivity contribution in [1.82, 2.24) is 10.3 Å². The van der Waals surface area contributed by atoms with E-state index in [9.17, 15) is 9.90 Å². The topological polar surface area (TPSA) is 71.5 Å². The van der Waals surface area contributed by atoms with Gasteiger partial charge in [0.2, 0.25) is 0 Å². The molecule has 0 aliphatic carbocycles. The molecule has 1 aromatic heterocycles. The van der Waals surface area contributed by atoms with Crippen LogP contribution in [0, 0.1) is 0 Å². The standard InChI is InChI=1S/C24H26N2O3/c1-16(2)17-4-6-19(7-5-17)22(15-27)26-24(28)21-9-8-20(14-23(21)29-3)18-10-12-25-13-11-18/h4-14,16,22,27H,15H2,1-3H3,(H,26,28). The highest BCUT2D eigenvalue weighted by Crippen LogP contribution is 2.28. The number of methoxy groups -OCH3 is 1. The molecular formula is C24H26N2O3. The van der Waals surface area contributed by atoms with Crippen LogP contribution in [0.3, 0.4) is 0 Å². The zero-order valence-electron chi connectivity index (χ0n) is 16.9. The Morgan fingerprint density at radius 1 is 1.00 bits per heavy atom. The molecule has 29 heavy (non-hydrogen) atoms. The minimum atomic E-state index is -0.492. The number of amides is 1. The number of rotatable bonds is 7. The average molecular weight is 390 g/mol. The van der Waals surface area contributed by atoms with E-state index in [1.165, 1.54) is 12.7 Å². The first-order valence-corrected chi connectivity index (χ1v) is 9.63. The number of aromatic nitrogens is 1. The van der Waals surface area contributed by atoms with E-state index in [2.05, 4.69) is 24.1 Å². The monoisotopic (exact) mass is 390 g/mol. The Labute approximate surface area is 171 Å². The third-order valence-electron chi connectivity index (χ3n) is 4.95. The molecule has 0 spiro atoms. The Morgan fingerprint density at radius 3 is 2.24 bits per heavy atom. The predicted octanol–water partition coefficient (Wildman–Crippen LogP) is 4.34. The molecule has 0 aliphatic rings. The molecule has 5 heteroatoms. The Bertz CT molecular complexity index is 954. The molecule has 3 aromatic rings. The lowest BCUT2D eigenvalue weighted by molar-refractivity contribution is 0.0913. The second kappa shape index (κ2) is 9.34. The van der Waals surface area contributed by atoms with Crippen LogP contribution < -0.4 is 10.1 Å². The number of aliphatic hydroxyl groups is 1. The van der Waals surface area contributed by atoms with E-state index in [0.29, 0.717) is 17.2 Å². The zero-order valence-corrected chi connectivity index (χ0v) is 16.9. The molecule has 0 aliphatic heterocycles. The molecule has 0 radical (unpaired) electrons. The molecule has 0 fully saturated rings. The van der Waals surface area contributed by atoms with E-state index in [4.69, 9.17) is 4.74 Å². The Hall–Kier alpha value is -3.18. The Kier molecular flexibility index (Phi) is 6.62. The molecule has 2 N–H and O–H groups in total. The van der Waals surface area contributed by atoms with Gasteiger partial charge in [-0.25, -0.2) is 0 Å². The lowest BCUT2D eigenvalue weighted by Crippen LogP contribution is -2.31. The van der Waals surface area contributed by atoms with Crippen LogP contribution in [0.5, 0.6) is 5.75 Å². The van der Waals surface area contributed by atoms with Gasteiger partial charge in [0.25, 0.3) is 5.91 Å². The normalized spacial score (nSPS) is 11.9. The minimum Gasteiger partial charge on any atom is -0.496 e. The maximum Gasteiger partial charge on any atom is 0.255 e. The van der Waals surface area contributed by atoms with Gasteiger partial charge >= 0.3 is 0 Å². The average Bonchev–Trinajstić information content (AvgIpc) is 2.77. The largest absolute Gasteiger partial charge is 0.496 e. The molecule has 0 saturated carbocycles. The summed E-state index contributed by atoms with van der Waals surface area (Å²) in [5, 5.41) is 12.7. The number of nitrogens with one attached hydrogen (secondary N) is 1. The molecular weight excluding hydrogens is 364 g/mol. The second-order valence-corrected chi connectivity index (χ2v) is 7.18. The minimum absolute atomic E-state index is 0.190. The number of ether oxygens (including phenoxy) is 1. The van der Waals surface area contributed by atoms with E-state index >= 15 is 0 Å². The summed E-state index contributed by atoms with van der Waals surface area (Å²) in [6, 6.07) is 16.7. The molecule has 1 atom stereocenters. The fourth-order valence-corrected chi connectivity index (χ4v) is 3.19. The predicted molar refractivity (Wildman–Crippen MR) is 114 cm³/mol. The summed E-state index contributed by atoms with van der Waals surface area (Å²) in [5.41, 5.74) is 4.41. The summed E-state index contributed by atoms with van der Waals surface area (Å²) >= 11 is 0. The number of carbonyl (C=O) groups is 1. The van der Waals surface area contributed by atoms with Crippen LogP contribution in [0.4, 0.5) is 0 Å². The number of aliphatic hydroxyl groups excluding tert-OH is 1. The van der Waals surface area contributed by atoms with Crippen LogP contribution in [0.25, 0.3) is 11.1 Å². The van der Waals surface area contributed by atoms with Crippen molar-refractivity contribution in [3.8, 4) is 16.9 Å². The van der Waals surface area contributed by atoms with Gasteiger partial charge in [-0.15, -0.1) is 0 Å². The first-order chi connectivity index (χ1) is 14.0. The first kappa shape index (κ1) is 20.6. The van der Waals surface area contributed by atoms with E-state index in [1.54, 1.807) is 18.5 Å². The molecule has 1 unspecified atom stereocenters. The number of hydrogen-bond acceptors (Lipinski definition) is 4. The Balaban J connectivity index is 1.81. The van der Waals surface area contributed by atoms with Gasteiger partial charge < -0.3 is 15.2 Å². The quantitative estimate of drug-likeness (QED) is 0.629. The molecule has 1 heterocycles. The highest BCUT2D eigenvalue weighted by molar-refractivity contribution is 5.98. The van der Waals surface area contributed by atoms with Crippen LogP contribution in [0.2, 0.25) is 0 Å². The Morgan fingerprint density at radius 2 is 1.66 bits per heavy atom. The molecule has 0 saturated heterocycles. The van der Waals surface area contributed by atoms with Gasteiger partial charge in [0, 0.05) is 12.4 Å². The maximum atomic E-state index is 12.9. The third kappa shape index (κ3) is 4.81. The van der Waals surface area contributed by atoms with Crippen LogP contribution in [-0.4, -0.2) is 29.7 Å². The SMILES string of the molecule is COc1cc(-c2ccncc2)ccc1C(=O)NC(CO)c1ccc(C(C)C)cc1. The number of carbonyl (C=O) groups excluding carboxylic acids is 1. The summed E-state index contributed by atoms with van der Waals surface area (Å²) < 4.78 is 5.45. The highest BCUT2D eigenvalue weighted by Gasteiger charge is 2.19. The second-order valence-electron chi connectivity index (χ2n) is 7.18. The zero-order chi connectivity index (χ0) is 20.8. The summed E-state index contributed by atoms with van der Waals surface area (Å²) in [5.74, 6) is 0.605. The summed E-state index contributed by atoms with van der Waals surface area (Å²) in [7, 11) is 1.54. The number of pyridine rings is 1. The van der Waals surface area contributed by atoms with Crippen LogP contribution in [-0.2, 0) is 0 Å². The van der Waals surface area contributed by atoms with E-state index in [0.717, 1.165) is 16.7 Å². The molecule has 150 valence electrons. The lowest BCUT2D eigenvalue weighted by Gasteiger charge is -2.19. The van der Waals surface area contributed by atoms with Gasteiger partial charge in [-0.05, 0) is 52.4 Å².